The van der Waals surface area contributed by atoms with Crippen LogP contribution in [-0.2, 0) is 12.0 Å². The maximum absolute atomic E-state index is 11.2. The molecule has 0 aromatic heterocycles. The van der Waals surface area contributed by atoms with E-state index in [1.165, 1.54) is 30.4 Å². The largest absolute Gasteiger partial charge is 0.380 e. The van der Waals surface area contributed by atoms with Crippen LogP contribution in [0.2, 0.25) is 0 Å². The number of fused-ring (bicyclic) bond motifs is 1. The Morgan fingerprint density at radius 2 is 1.85 bits per heavy atom. The summed E-state index contributed by atoms with van der Waals surface area (Å²) in [5, 5.41) is 11.2. The Morgan fingerprint density at radius 3 is 2.65 bits per heavy atom. The molecule has 0 radical (unpaired) electrons. The van der Waals surface area contributed by atoms with Gasteiger partial charge in [-0.05, 0) is 53.9 Å². The van der Waals surface area contributed by atoms with Gasteiger partial charge in [0.1, 0.15) is 5.60 Å². The van der Waals surface area contributed by atoms with E-state index in [0.717, 1.165) is 29.9 Å². The smallest absolute Gasteiger partial charge is 0.115 e. The monoisotopic (exact) mass is 264 g/mol. The van der Waals surface area contributed by atoms with E-state index in [9.17, 15) is 5.11 Å². The van der Waals surface area contributed by atoms with Crippen molar-refractivity contribution >= 4 is 0 Å². The van der Waals surface area contributed by atoms with Crippen LogP contribution in [0, 0.1) is 0 Å². The summed E-state index contributed by atoms with van der Waals surface area (Å²) in [5.74, 6) is 0.718. The van der Waals surface area contributed by atoms with Crippen LogP contribution in [0.25, 0.3) is 0 Å². The third-order valence-corrected chi connectivity index (χ3v) is 5.16. The molecule has 1 saturated carbocycles. The number of aryl methyl sites for hydroxylation is 1. The summed E-state index contributed by atoms with van der Waals surface area (Å²) >= 11 is 0. The van der Waals surface area contributed by atoms with E-state index in [0.29, 0.717) is 0 Å². The van der Waals surface area contributed by atoms with Crippen molar-refractivity contribution in [3.05, 3.63) is 70.8 Å². The van der Waals surface area contributed by atoms with Crippen LogP contribution < -0.4 is 0 Å². The molecule has 2 aliphatic rings. The Bertz CT molecular complexity index is 642. The molecule has 1 nitrogen and oxygen atoms in total. The highest BCUT2D eigenvalue weighted by molar-refractivity contribution is 5.46. The number of benzene rings is 2. The molecule has 0 bridgehead atoms. The minimum absolute atomic E-state index is 0.718. The molecule has 0 heterocycles. The van der Waals surface area contributed by atoms with Gasteiger partial charge in [-0.25, -0.2) is 0 Å². The first-order valence-corrected chi connectivity index (χ1v) is 7.68. The van der Waals surface area contributed by atoms with E-state index >= 15 is 0 Å². The second-order valence-corrected chi connectivity index (χ2v) is 6.27. The molecule has 2 aliphatic carbocycles. The average Bonchev–Trinajstić information content (AvgIpc) is 2.77. The van der Waals surface area contributed by atoms with Crippen molar-refractivity contribution in [1.82, 2.24) is 0 Å². The predicted molar refractivity (Wildman–Crippen MR) is 80.8 cm³/mol. The van der Waals surface area contributed by atoms with Crippen molar-refractivity contribution in [3.63, 3.8) is 0 Å². The van der Waals surface area contributed by atoms with Gasteiger partial charge >= 0.3 is 0 Å². The van der Waals surface area contributed by atoms with Crippen LogP contribution in [0.4, 0.5) is 0 Å². The van der Waals surface area contributed by atoms with Gasteiger partial charge in [0.2, 0.25) is 0 Å². The van der Waals surface area contributed by atoms with Crippen LogP contribution in [0.5, 0.6) is 0 Å². The minimum Gasteiger partial charge on any atom is -0.380 e. The molecule has 0 saturated heterocycles. The van der Waals surface area contributed by atoms with E-state index in [-0.39, 0.29) is 0 Å². The summed E-state index contributed by atoms with van der Waals surface area (Å²) < 4.78 is 0. The van der Waals surface area contributed by atoms with Crippen molar-refractivity contribution < 1.29 is 5.11 Å². The Kier molecular flexibility index (Phi) is 2.71. The lowest BCUT2D eigenvalue weighted by atomic mass is 9.78. The Hall–Kier alpha value is -1.60. The SMILES string of the molecule is OC1(c2cccc(C3CCC3)c2)CCc2ccccc21. The van der Waals surface area contributed by atoms with Gasteiger partial charge in [-0.1, -0.05) is 55.0 Å². The molecule has 2 aromatic carbocycles. The zero-order chi connectivity index (χ0) is 13.6. The molecule has 0 spiro atoms. The number of aliphatic hydroxyl groups is 1. The molecule has 0 amide bonds. The molecule has 102 valence electrons. The van der Waals surface area contributed by atoms with Crippen molar-refractivity contribution in [2.45, 2.75) is 43.6 Å². The Balaban J connectivity index is 1.77. The van der Waals surface area contributed by atoms with Gasteiger partial charge in [-0.2, -0.15) is 0 Å². The second kappa shape index (κ2) is 4.46. The highest BCUT2D eigenvalue weighted by atomic mass is 16.3. The summed E-state index contributed by atoms with van der Waals surface area (Å²) in [6.45, 7) is 0. The highest BCUT2D eigenvalue weighted by Crippen LogP contribution is 2.43. The fraction of sp³-hybridized carbons (Fsp3) is 0.368. The molecular formula is C19H20O. The van der Waals surface area contributed by atoms with E-state index < -0.39 is 5.60 Å². The Morgan fingerprint density at radius 1 is 1.00 bits per heavy atom. The molecule has 0 aliphatic heterocycles. The maximum Gasteiger partial charge on any atom is 0.115 e. The van der Waals surface area contributed by atoms with E-state index in [1.807, 2.05) is 6.07 Å². The molecular weight excluding hydrogens is 244 g/mol. The van der Waals surface area contributed by atoms with Crippen LogP contribution >= 0.6 is 0 Å². The number of hydrogen-bond donors (Lipinski definition) is 1. The van der Waals surface area contributed by atoms with Gasteiger partial charge in [0.15, 0.2) is 0 Å². The fourth-order valence-electron chi connectivity index (χ4n) is 3.68. The first-order valence-electron chi connectivity index (χ1n) is 7.68. The molecule has 1 unspecified atom stereocenters. The normalized spacial score (nSPS) is 25.2. The molecule has 4 rings (SSSR count). The predicted octanol–water partition coefficient (Wildman–Crippen LogP) is 4.14. The van der Waals surface area contributed by atoms with E-state index in [4.69, 9.17) is 0 Å². The van der Waals surface area contributed by atoms with Crippen LogP contribution in [0.1, 0.15) is 53.9 Å². The molecule has 1 atom stereocenters. The van der Waals surface area contributed by atoms with Gasteiger partial charge in [0.05, 0.1) is 0 Å². The van der Waals surface area contributed by atoms with Gasteiger partial charge in [0.25, 0.3) is 0 Å². The van der Waals surface area contributed by atoms with E-state index in [1.54, 1.807) is 0 Å². The molecule has 1 fully saturated rings. The lowest BCUT2D eigenvalue weighted by Crippen LogP contribution is -2.24. The van der Waals surface area contributed by atoms with Gasteiger partial charge in [-0.3, -0.25) is 0 Å². The summed E-state index contributed by atoms with van der Waals surface area (Å²) in [5.41, 5.74) is 4.10. The quantitative estimate of drug-likeness (QED) is 0.864. The zero-order valence-electron chi connectivity index (χ0n) is 11.7. The van der Waals surface area contributed by atoms with Crippen molar-refractivity contribution in [3.8, 4) is 0 Å². The first kappa shape index (κ1) is 12.2. The van der Waals surface area contributed by atoms with E-state index in [2.05, 4.69) is 42.5 Å². The van der Waals surface area contributed by atoms with Gasteiger partial charge < -0.3 is 5.11 Å². The average molecular weight is 264 g/mol. The van der Waals surface area contributed by atoms with Crippen LogP contribution in [0.15, 0.2) is 48.5 Å². The van der Waals surface area contributed by atoms with Crippen molar-refractivity contribution in [1.29, 1.82) is 0 Å². The molecule has 20 heavy (non-hydrogen) atoms. The first-order chi connectivity index (χ1) is 9.77. The van der Waals surface area contributed by atoms with Crippen LogP contribution in [0.3, 0.4) is 0 Å². The third-order valence-electron chi connectivity index (χ3n) is 5.16. The van der Waals surface area contributed by atoms with Gasteiger partial charge in [0, 0.05) is 0 Å². The van der Waals surface area contributed by atoms with Gasteiger partial charge in [-0.15, -0.1) is 0 Å². The van der Waals surface area contributed by atoms with Crippen LogP contribution in [-0.4, -0.2) is 5.11 Å². The molecule has 2 aromatic rings. The zero-order valence-corrected chi connectivity index (χ0v) is 11.7. The second-order valence-electron chi connectivity index (χ2n) is 6.27. The summed E-state index contributed by atoms with van der Waals surface area (Å²) in [7, 11) is 0. The third kappa shape index (κ3) is 1.73. The van der Waals surface area contributed by atoms with Crippen molar-refractivity contribution in [2.24, 2.45) is 0 Å². The maximum atomic E-state index is 11.2. The number of hydrogen-bond acceptors (Lipinski definition) is 1. The molecule has 1 heteroatoms. The lowest BCUT2D eigenvalue weighted by molar-refractivity contribution is 0.0828. The Labute approximate surface area is 120 Å². The standard InChI is InChI=1S/C19H20O/c20-19(12-11-15-5-1-2-10-18(15)19)17-9-4-8-16(13-17)14-6-3-7-14/h1-2,4-5,8-10,13-14,20H,3,6-7,11-12H2. The van der Waals surface area contributed by atoms with Crippen molar-refractivity contribution in [2.75, 3.05) is 0 Å². The highest BCUT2D eigenvalue weighted by Gasteiger charge is 2.38. The minimum atomic E-state index is -0.781. The summed E-state index contributed by atoms with van der Waals surface area (Å²) in [6.07, 6.45) is 5.74. The fourth-order valence-corrected chi connectivity index (χ4v) is 3.68. The topological polar surface area (TPSA) is 20.2 Å². The lowest BCUT2D eigenvalue weighted by Gasteiger charge is -2.29. The molecule has 1 N–H and O–H groups in total. The summed E-state index contributed by atoms with van der Waals surface area (Å²) in [4.78, 5) is 0. The number of rotatable bonds is 2. The summed E-state index contributed by atoms with van der Waals surface area (Å²) in [6, 6.07) is 17.0.